The molecule has 0 bridgehead atoms. The van der Waals surface area contributed by atoms with Crippen LogP contribution in [-0.4, -0.2) is 53.9 Å². The topological polar surface area (TPSA) is 77.0 Å². The van der Waals surface area contributed by atoms with Crippen LogP contribution in [0.4, 0.5) is 4.79 Å². The van der Waals surface area contributed by atoms with Gasteiger partial charge in [0.1, 0.15) is 5.60 Å². The van der Waals surface area contributed by atoms with Crippen LogP contribution in [0.25, 0.3) is 0 Å². The molecule has 0 heterocycles. The van der Waals surface area contributed by atoms with E-state index in [1.165, 1.54) is 0 Å². The minimum Gasteiger partial charge on any atom is -0.444 e. The van der Waals surface area contributed by atoms with Crippen molar-refractivity contribution < 1.29 is 24.1 Å². The molecule has 0 aliphatic rings. The number of ether oxygens (including phenoxy) is 3. The smallest absolute Gasteiger partial charge is 0.408 e. The number of hydrogen-bond donors (Lipinski definition) is 2. The maximum atomic E-state index is 11.7. The van der Waals surface area contributed by atoms with Crippen LogP contribution in [-0.2, 0) is 14.2 Å². The Morgan fingerprint density at radius 3 is 2.08 bits per heavy atom. The molecule has 0 aliphatic heterocycles. The average molecular weight is 347 g/mol. The fraction of sp³-hybridized carbons (Fsp3) is 0.944. The summed E-state index contributed by atoms with van der Waals surface area (Å²) in [4.78, 5) is 11.7. The first-order chi connectivity index (χ1) is 10.8. The van der Waals surface area contributed by atoms with Crippen molar-refractivity contribution in [1.29, 1.82) is 0 Å². The summed E-state index contributed by atoms with van der Waals surface area (Å²) in [6.45, 7) is 16.1. The van der Waals surface area contributed by atoms with E-state index in [-0.39, 0.29) is 18.8 Å². The molecular weight excluding hydrogens is 310 g/mol. The van der Waals surface area contributed by atoms with Crippen molar-refractivity contribution in [3.05, 3.63) is 0 Å². The van der Waals surface area contributed by atoms with Crippen molar-refractivity contribution in [2.75, 3.05) is 19.8 Å². The Labute approximate surface area is 147 Å². The highest BCUT2D eigenvalue weighted by molar-refractivity contribution is 5.68. The summed E-state index contributed by atoms with van der Waals surface area (Å²) >= 11 is 0. The second-order valence-corrected chi connectivity index (χ2v) is 8.31. The van der Waals surface area contributed by atoms with E-state index in [9.17, 15) is 9.90 Å². The van der Waals surface area contributed by atoms with E-state index in [0.717, 1.165) is 12.8 Å². The molecule has 0 rings (SSSR count). The van der Waals surface area contributed by atoms with E-state index in [4.69, 9.17) is 14.2 Å². The summed E-state index contributed by atoms with van der Waals surface area (Å²) < 4.78 is 16.9. The van der Waals surface area contributed by atoms with Crippen molar-refractivity contribution in [3.63, 3.8) is 0 Å². The van der Waals surface area contributed by atoms with E-state index in [2.05, 4.69) is 26.1 Å². The number of carbonyl (C=O) groups is 1. The lowest BCUT2D eigenvalue weighted by atomic mass is 10.0. The lowest BCUT2D eigenvalue weighted by Crippen LogP contribution is -2.45. The molecule has 0 spiro atoms. The lowest BCUT2D eigenvalue weighted by Gasteiger charge is -2.30. The van der Waals surface area contributed by atoms with Gasteiger partial charge in [-0.15, -0.1) is 0 Å². The summed E-state index contributed by atoms with van der Waals surface area (Å²) in [6, 6.07) is -0.507. The van der Waals surface area contributed by atoms with Crippen molar-refractivity contribution in [1.82, 2.24) is 5.32 Å². The van der Waals surface area contributed by atoms with Gasteiger partial charge in [0.25, 0.3) is 0 Å². The molecule has 24 heavy (non-hydrogen) atoms. The highest BCUT2D eigenvalue weighted by Gasteiger charge is 2.24. The molecule has 6 heteroatoms. The zero-order valence-electron chi connectivity index (χ0n) is 16.7. The summed E-state index contributed by atoms with van der Waals surface area (Å²) in [6.07, 6.45) is 1.11. The number of aliphatic hydroxyl groups is 1. The molecule has 0 fully saturated rings. The van der Waals surface area contributed by atoms with Crippen LogP contribution in [0.1, 0.15) is 68.2 Å². The van der Waals surface area contributed by atoms with Crippen molar-refractivity contribution in [2.24, 2.45) is 0 Å². The molecule has 0 aromatic heterocycles. The normalized spacial score (nSPS) is 14.4. The van der Waals surface area contributed by atoms with Gasteiger partial charge in [0, 0.05) is 0 Å². The van der Waals surface area contributed by atoms with Crippen LogP contribution in [0.3, 0.4) is 0 Å². The third-order valence-electron chi connectivity index (χ3n) is 3.66. The van der Waals surface area contributed by atoms with Gasteiger partial charge in [-0.1, -0.05) is 6.92 Å². The SMILES string of the molecule is CCC(C)(C)OCCC(C)(C)OCC(CO)NC(=O)OC(C)(C)C. The Morgan fingerprint density at radius 2 is 1.62 bits per heavy atom. The van der Waals surface area contributed by atoms with Gasteiger partial charge in [0.15, 0.2) is 0 Å². The van der Waals surface area contributed by atoms with Gasteiger partial charge >= 0.3 is 6.09 Å². The number of alkyl carbamates (subject to hydrolysis) is 1. The first-order valence-corrected chi connectivity index (χ1v) is 8.68. The van der Waals surface area contributed by atoms with E-state index in [1.807, 2.05) is 13.8 Å². The van der Waals surface area contributed by atoms with Gasteiger partial charge in [0.05, 0.1) is 37.1 Å². The maximum absolute atomic E-state index is 11.7. The standard InChI is InChI=1S/C18H37NO5/c1-9-17(5,6)22-11-10-18(7,8)23-13-14(12-20)19-15(21)24-16(2,3)4/h14,20H,9-13H2,1-8H3,(H,19,21). The molecule has 1 unspecified atom stereocenters. The molecule has 0 radical (unpaired) electrons. The summed E-state index contributed by atoms with van der Waals surface area (Å²) in [5.41, 5.74) is -1.12. The van der Waals surface area contributed by atoms with Gasteiger partial charge in [-0.05, 0) is 61.3 Å². The first-order valence-electron chi connectivity index (χ1n) is 8.68. The number of rotatable bonds is 10. The van der Waals surface area contributed by atoms with E-state index >= 15 is 0 Å². The van der Waals surface area contributed by atoms with E-state index < -0.39 is 23.3 Å². The van der Waals surface area contributed by atoms with Crippen LogP contribution in [0.15, 0.2) is 0 Å². The van der Waals surface area contributed by atoms with Crippen LogP contribution >= 0.6 is 0 Å². The highest BCUT2D eigenvalue weighted by atomic mass is 16.6. The molecule has 1 amide bonds. The van der Waals surface area contributed by atoms with Crippen LogP contribution < -0.4 is 5.32 Å². The fourth-order valence-corrected chi connectivity index (χ4v) is 1.69. The second kappa shape index (κ2) is 9.59. The second-order valence-electron chi connectivity index (χ2n) is 8.31. The number of nitrogens with one attached hydrogen (secondary N) is 1. The molecule has 0 aromatic rings. The predicted molar refractivity (Wildman–Crippen MR) is 95.2 cm³/mol. The molecule has 2 N–H and O–H groups in total. The molecule has 0 saturated heterocycles. The van der Waals surface area contributed by atoms with Crippen LogP contribution in [0, 0.1) is 0 Å². The minimum absolute atomic E-state index is 0.137. The maximum Gasteiger partial charge on any atom is 0.408 e. The monoisotopic (exact) mass is 347 g/mol. The van der Waals surface area contributed by atoms with Gasteiger partial charge in [-0.25, -0.2) is 4.79 Å². The molecule has 1 atom stereocenters. The van der Waals surface area contributed by atoms with Crippen molar-refractivity contribution in [3.8, 4) is 0 Å². The minimum atomic E-state index is -0.576. The van der Waals surface area contributed by atoms with Gasteiger partial charge < -0.3 is 24.6 Å². The summed E-state index contributed by atoms with van der Waals surface area (Å²) in [5.74, 6) is 0. The number of aliphatic hydroxyl groups excluding tert-OH is 1. The van der Waals surface area contributed by atoms with Crippen LogP contribution in [0.2, 0.25) is 0 Å². The highest BCUT2D eigenvalue weighted by Crippen LogP contribution is 2.19. The first kappa shape index (κ1) is 23.1. The number of carbonyl (C=O) groups excluding carboxylic acids is 1. The third kappa shape index (κ3) is 11.6. The fourth-order valence-electron chi connectivity index (χ4n) is 1.69. The molecular formula is C18H37NO5. The molecule has 6 nitrogen and oxygen atoms in total. The molecule has 0 aliphatic carbocycles. The van der Waals surface area contributed by atoms with E-state index in [0.29, 0.717) is 6.61 Å². The predicted octanol–water partition coefficient (Wildman–Crippen LogP) is 3.26. The zero-order valence-corrected chi connectivity index (χ0v) is 16.7. The lowest BCUT2D eigenvalue weighted by molar-refractivity contribution is -0.0795. The number of amides is 1. The third-order valence-corrected chi connectivity index (χ3v) is 3.66. The Kier molecular flexibility index (Phi) is 9.25. The van der Waals surface area contributed by atoms with Gasteiger partial charge in [-0.3, -0.25) is 0 Å². The van der Waals surface area contributed by atoms with Gasteiger partial charge in [0.2, 0.25) is 0 Å². The van der Waals surface area contributed by atoms with Crippen LogP contribution in [0.5, 0.6) is 0 Å². The Hall–Kier alpha value is -0.850. The average Bonchev–Trinajstić information content (AvgIpc) is 2.41. The Bertz CT molecular complexity index is 374. The molecule has 0 saturated carbocycles. The molecule has 144 valence electrons. The van der Waals surface area contributed by atoms with E-state index in [1.54, 1.807) is 20.8 Å². The van der Waals surface area contributed by atoms with Crippen molar-refractivity contribution >= 4 is 6.09 Å². The quantitative estimate of drug-likeness (QED) is 0.634. The number of hydrogen-bond acceptors (Lipinski definition) is 5. The zero-order chi connectivity index (χ0) is 19.0. The van der Waals surface area contributed by atoms with Crippen molar-refractivity contribution in [2.45, 2.75) is 91.1 Å². The summed E-state index contributed by atoms with van der Waals surface area (Å²) in [7, 11) is 0. The largest absolute Gasteiger partial charge is 0.444 e. The Balaban J connectivity index is 4.27. The Morgan fingerprint density at radius 1 is 1.04 bits per heavy atom. The van der Waals surface area contributed by atoms with Gasteiger partial charge in [-0.2, -0.15) is 0 Å². The molecule has 0 aromatic carbocycles. The summed E-state index contributed by atoms with van der Waals surface area (Å²) in [5, 5.41) is 12.0.